The summed E-state index contributed by atoms with van der Waals surface area (Å²) in [6.45, 7) is 3.11. The molecule has 8 heteroatoms. The molecular weight excluding hydrogens is 423 g/mol. The second-order valence-electron chi connectivity index (χ2n) is 8.37. The molecule has 2 heterocycles. The van der Waals surface area contributed by atoms with Crippen molar-refractivity contribution in [3.05, 3.63) is 59.0 Å². The highest BCUT2D eigenvalue weighted by atomic mass is 19.4. The molecule has 1 aromatic heterocycles. The maximum absolute atomic E-state index is 13.1. The van der Waals surface area contributed by atoms with Crippen molar-refractivity contribution in [2.45, 2.75) is 45.2 Å². The smallest absolute Gasteiger partial charge is 0.417 e. The Hall–Kier alpha value is -2.87. The van der Waals surface area contributed by atoms with Gasteiger partial charge in [0.15, 0.2) is 5.78 Å². The van der Waals surface area contributed by atoms with Gasteiger partial charge in [0, 0.05) is 38.3 Å². The quantitative estimate of drug-likeness (QED) is 0.634. The number of benzene rings is 1. The summed E-state index contributed by atoms with van der Waals surface area (Å²) in [6.07, 6.45) is -0.885. The van der Waals surface area contributed by atoms with E-state index in [0.717, 1.165) is 30.5 Å². The summed E-state index contributed by atoms with van der Waals surface area (Å²) in [7, 11) is 0. The summed E-state index contributed by atoms with van der Waals surface area (Å²) < 4.78 is 49.3. The summed E-state index contributed by atoms with van der Waals surface area (Å²) in [5.41, 5.74) is 0.631. The van der Waals surface area contributed by atoms with Crippen molar-refractivity contribution < 1.29 is 32.5 Å². The van der Waals surface area contributed by atoms with E-state index in [-0.39, 0.29) is 22.8 Å². The van der Waals surface area contributed by atoms with E-state index in [1.807, 2.05) is 6.92 Å². The number of pyridine rings is 1. The lowest BCUT2D eigenvalue weighted by atomic mass is 9.67. The van der Waals surface area contributed by atoms with Crippen LogP contribution in [0.25, 0.3) is 5.57 Å². The zero-order chi connectivity index (χ0) is 22.9. The molecule has 1 saturated heterocycles. The van der Waals surface area contributed by atoms with Crippen molar-refractivity contribution in [1.82, 2.24) is 4.98 Å². The number of hydrogen-bond donors (Lipinski definition) is 1. The fraction of sp³-hybridized carbons (Fsp3) is 0.417. The van der Waals surface area contributed by atoms with E-state index in [9.17, 15) is 23.1 Å². The lowest BCUT2D eigenvalue weighted by Crippen LogP contribution is -2.36. The van der Waals surface area contributed by atoms with Crippen LogP contribution in [0.5, 0.6) is 11.6 Å². The lowest BCUT2D eigenvalue weighted by Gasteiger charge is -2.39. The highest BCUT2D eigenvalue weighted by Crippen LogP contribution is 2.47. The van der Waals surface area contributed by atoms with E-state index < -0.39 is 11.7 Å². The molecule has 0 amide bonds. The molecule has 5 nitrogen and oxygen atoms in total. The van der Waals surface area contributed by atoms with Gasteiger partial charge in [-0.05, 0) is 54.0 Å². The Morgan fingerprint density at radius 1 is 1.16 bits per heavy atom. The third kappa shape index (κ3) is 4.50. The van der Waals surface area contributed by atoms with Crippen LogP contribution in [0.4, 0.5) is 13.2 Å². The molecule has 1 spiro atoms. The molecule has 0 saturated carbocycles. The van der Waals surface area contributed by atoms with Crippen molar-refractivity contribution in [2.75, 3.05) is 13.2 Å². The molecule has 2 aromatic rings. The van der Waals surface area contributed by atoms with E-state index in [4.69, 9.17) is 9.47 Å². The standard InChI is InChI=1S/C24H24F3NO4/c1-2-15-3-5-17(32-21-6-4-16(14-28-21)24(25,26)27)11-18(15)22-19(29)12-23(13-20(22)30)7-9-31-10-8-23/h3-6,11,14,29H,2,7-10,12-13H2,1H3. The molecule has 1 aliphatic heterocycles. The van der Waals surface area contributed by atoms with Crippen LogP contribution in [0.15, 0.2) is 42.3 Å². The van der Waals surface area contributed by atoms with Crippen LogP contribution in [-0.4, -0.2) is 29.1 Å². The first-order valence-corrected chi connectivity index (χ1v) is 10.6. The van der Waals surface area contributed by atoms with Crippen LogP contribution in [0, 0.1) is 5.41 Å². The second-order valence-corrected chi connectivity index (χ2v) is 8.37. The largest absolute Gasteiger partial charge is 0.512 e. The fourth-order valence-electron chi connectivity index (χ4n) is 4.45. The van der Waals surface area contributed by atoms with Crippen molar-refractivity contribution in [1.29, 1.82) is 0 Å². The molecule has 0 bridgehead atoms. The molecule has 0 unspecified atom stereocenters. The van der Waals surface area contributed by atoms with Gasteiger partial charge in [-0.25, -0.2) is 4.98 Å². The van der Waals surface area contributed by atoms with Gasteiger partial charge in [-0.15, -0.1) is 0 Å². The number of allylic oxidation sites excluding steroid dienone is 2. The van der Waals surface area contributed by atoms with Gasteiger partial charge in [-0.1, -0.05) is 13.0 Å². The molecule has 1 fully saturated rings. The minimum atomic E-state index is -4.48. The molecule has 0 radical (unpaired) electrons. The van der Waals surface area contributed by atoms with Gasteiger partial charge >= 0.3 is 6.18 Å². The average molecular weight is 447 g/mol. The van der Waals surface area contributed by atoms with Crippen LogP contribution in [-0.2, 0) is 22.1 Å². The number of ketones is 1. The van der Waals surface area contributed by atoms with E-state index in [0.29, 0.717) is 55.6 Å². The molecule has 0 atom stereocenters. The summed E-state index contributed by atoms with van der Waals surface area (Å²) >= 11 is 0. The lowest BCUT2D eigenvalue weighted by molar-refractivity contribution is -0.137. The number of Topliss-reactive ketones (excluding diaryl/α,β-unsaturated/α-hetero) is 1. The maximum atomic E-state index is 13.1. The summed E-state index contributed by atoms with van der Waals surface area (Å²) in [5.74, 6) is 0.282. The number of aryl methyl sites for hydroxylation is 1. The van der Waals surface area contributed by atoms with Crippen LogP contribution in [0.2, 0.25) is 0 Å². The number of halogens is 3. The number of aromatic nitrogens is 1. The number of hydrogen-bond acceptors (Lipinski definition) is 5. The summed E-state index contributed by atoms with van der Waals surface area (Å²) in [5, 5.41) is 10.9. The number of ether oxygens (including phenoxy) is 2. The van der Waals surface area contributed by atoms with Crippen LogP contribution in [0.1, 0.15) is 49.3 Å². The van der Waals surface area contributed by atoms with Gasteiger partial charge in [-0.2, -0.15) is 13.2 Å². The Kier molecular flexibility index (Phi) is 5.99. The molecule has 1 aliphatic carbocycles. The van der Waals surface area contributed by atoms with E-state index in [1.165, 1.54) is 0 Å². The van der Waals surface area contributed by atoms with E-state index in [2.05, 4.69) is 4.98 Å². The van der Waals surface area contributed by atoms with Crippen LogP contribution >= 0.6 is 0 Å². The number of carbonyl (C=O) groups is 1. The third-order valence-corrected chi connectivity index (χ3v) is 6.22. The Labute approximate surface area is 183 Å². The zero-order valence-corrected chi connectivity index (χ0v) is 17.7. The van der Waals surface area contributed by atoms with Crippen molar-refractivity contribution in [2.24, 2.45) is 5.41 Å². The number of rotatable bonds is 4. The van der Waals surface area contributed by atoms with Crippen molar-refractivity contribution in [3.63, 3.8) is 0 Å². The first-order valence-electron chi connectivity index (χ1n) is 10.6. The Morgan fingerprint density at radius 3 is 2.50 bits per heavy atom. The number of carbonyl (C=O) groups excluding carboxylic acids is 1. The predicted octanol–water partition coefficient (Wildman–Crippen LogP) is 5.88. The Balaban J connectivity index is 1.64. The van der Waals surface area contributed by atoms with Gasteiger partial charge < -0.3 is 14.6 Å². The van der Waals surface area contributed by atoms with Crippen LogP contribution in [0.3, 0.4) is 0 Å². The summed E-state index contributed by atoms with van der Waals surface area (Å²) in [6, 6.07) is 7.15. The molecule has 170 valence electrons. The Bertz CT molecular complexity index is 1040. The minimum absolute atomic E-state index is 0.00234. The molecule has 1 N–H and O–H groups in total. The van der Waals surface area contributed by atoms with Gasteiger partial charge in [0.1, 0.15) is 11.5 Å². The molecule has 2 aliphatic rings. The maximum Gasteiger partial charge on any atom is 0.417 e. The first-order chi connectivity index (χ1) is 15.2. The van der Waals surface area contributed by atoms with Gasteiger partial charge in [-0.3, -0.25) is 4.79 Å². The average Bonchev–Trinajstić information content (AvgIpc) is 2.74. The second kappa shape index (κ2) is 8.58. The van der Waals surface area contributed by atoms with Crippen molar-refractivity contribution >= 4 is 11.4 Å². The topological polar surface area (TPSA) is 68.7 Å². The van der Waals surface area contributed by atoms with E-state index in [1.54, 1.807) is 18.2 Å². The number of nitrogens with zero attached hydrogens (tertiary/aromatic N) is 1. The highest BCUT2D eigenvalue weighted by molar-refractivity contribution is 6.22. The SMILES string of the molecule is CCc1ccc(Oc2ccc(C(F)(F)F)cn2)cc1C1=C(O)CC2(CCOCC2)CC1=O. The molecular formula is C24H24F3NO4. The van der Waals surface area contributed by atoms with E-state index >= 15 is 0 Å². The minimum Gasteiger partial charge on any atom is -0.512 e. The number of aliphatic hydroxyl groups is 1. The molecule has 32 heavy (non-hydrogen) atoms. The normalized spacial score (nSPS) is 18.8. The monoisotopic (exact) mass is 447 g/mol. The molecule has 4 rings (SSSR count). The highest BCUT2D eigenvalue weighted by Gasteiger charge is 2.42. The van der Waals surface area contributed by atoms with Gasteiger partial charge in [0.2, 0.25) is 5.88 Å². The third-order valence-electron chi connectivity index (χ3n) is 6.22. The fourth-order valence-corrected chi connectivity index (χ4v) is 4.45. The van der Waals surface area contributed by atoms with Gasteiger partial charge in [0.05, 0.1) is 11.1 Å². The Morgan fingerprint density at radius 2 is 1.91 bits per heavy atom. The summed E-state index contributed by atoms with van der Waals surface area (Å²) in [4.78, 5) is 16.9. The predicted molar refractivity (Wildman–Crippen MR) is 111 cm³/mol. The first kappa shape index (κ1) is 22.3. The van der Waals surface area contributed by atoms with Crippen LogP contribution < -0.4 is 4.74 Å². The van der Waals surface area contributed by atoms with Gasteiger partial charge in [0.25, 0.3) is 0 Å². The van der Waals surface area contributed by atoms with Crippen molar-refractivity contribution in [3.8, 4) is 11.6 Å². The number of aliphatic hydroxyl groups excluding tert-OH is 1. The number of alkyl halides is 3. The zero-order valence-electron chi connectivity index (χ0n) is 17.7. The molecule has 1 aromatic carbocycles.